The lowest BCUT2D eigenvalue weighted by Gasteiger charge is -2.09. The number of hydrogen-bond acceptors (Lipinski definition) is 4. The second kappa shape index (κ2) is 6.80. The molecule has 13 heavy (non-hydrogen) atoms. The summed E-state index contributed by atoms with van der Waals surface area (Å²) in [5.74, 6) is -1.41. The van der Waals surface area contributed by atoms with Gasteiger partial charge in [-0.3, -0.25) is 14.4 Å². The molecule has 0 N–H and O–H groups in total. The topological polar surface area (TPSA) is 60.4 Å². The Hall–Kier alpha value is -0.675. The molecule has 0 amide bonds. The molecular formula is C7H10BClO4. The molecule has 2 radical (unpaired) electrons. The minimum Gasteiger partial charge on any atom is -0.433 e. The van der Waals surface area contributed by atoms with Gasteiger partial charge in [0.15, 0.2) is 17.7 Å². The van der Waals surface area contributed by atoms with Crippen molar-refractivity contribution in [3.05, 3.63) is 0 Å². The highest BCUT2D eigenvalue weighted by Gasteiger charge is 2.22. The number of Topliss-reactive ketones (excluding diaryl/α,β-unsaturated/α-hetero) is 3. The Morgan fingerprint density at radius 3 is 2.00 bits per heavy atom. The van der Waals surface area contributed by atoms with Crippen LogP contribution in [0.4, 0.5) is 0 Å². The molecule has 1 atom stereocenters. The molecule has 0 saturated heterocycles. The van der Waals surface area contributed by atoms with Gasteiger partial charge in [-0.05, 0) is 13.8 Å². The first-order valence-electron chi connectivity index (χ1n) is 3.37. The largest absolute Gasteiger partial charge is 0.433 e. The van der Waals surface area contributed by atoms with E-state index < -0.39 is 17.7 Å². The highest BCUT2D eigenvalue weighted by atomic mass is 35.5. The van der Waals surface area contributed by atoms with Gasteiger partial charge < -0.3 is 4.65 Å². The maximum Gasteiger partial charge on any atom is 0.284 e. The van der Waals surface area contributed by atoms with Gasteiger partial charge in [0.05, 0.1) is 6.42 Å². The zero-order chi connectivity index (χ0) is 9.72. The Morgan fingerprint density at radius 1 is 1.31 bits per heavy atom. The highest BCUT2D eigenvalue weighted by Crippen LogP contribution is 1.98. The lowest BCUT2D eigenvalue weighted by Crippen LogP contribution is -2.31. The quantitative estimate of drug-likeness (QED) is 0.468. The number of ketones is 3. The third-order valence-corrected chi connectivity index (χ3v) is 1.22. The predicted octanol–water partition coefficient (Wildman–Crippen LogP) is 0.0141. The molecule has 1 unspecified atom stereocenters. The van der Waals surface area contributed by atoms with Crippen molar-refractivity contribution < 1.29 is 19.0 Å². The van der Waals surface area contributed by atoms with E-state index in [0.29, 0.717) is 0 Å². The number of carbonyl (C=O) groups is 3. The van der Waals surface area contributed by atoms with E-state index in [9.17, 15) is 14.4 Å². The first-order chi connectivity index (χ1) is 5.49. The fourth-order valence-electron chi connectivity index (χ4n) is 0.736. The van der Waals surface area contributed by atoms with Crippen LogP contribution in [0.15, 0.2) is 0 Å². The van der Waals surface area contributed by atoms with Crippen LogP contribution in [0.25, 0.3) is 0 Å². The molecule has 0 aromatic heterocycles. The molecule has 6 heteroatoms. The molecule has 72 valence electrons. The summed E-state index contributed by atoms with van der Waals surface area (Å²) in [6.45, 7) is 2.43. The van der Waals surface area contributed by atoms with Crippen molar-refractivity contribution in [3.63, 3.8) is 0 Å². The van der Waals surface area contributed by atoms with Gasteiger partial charge >= 0.3 is 0 Å². The molecule has 0 spiro atoms. The third-order valence-electron chi connectivity index (χ3n) is 1.22. The van der Waals surface area contributed by atoms with Crippen LogP contribution >= 0.6 is 12.4 Å². The minimum absolute atomic E-state index is 0. The van der Waals surface area contributed by atoms with Crippen LogP contribution in [0.1, 0.15) is 20.3 Å². The van der Waals surface area contributed by atoms with Crippen molar-refractivity contribution in [3.8, 4) is 0 Å². The number of halogens is 1. The van der Waals surface area contributed by atoms with Gasteiger partial charge in [0.1, 0.15) is 5.78 Å². The highest BCUT2D eigenvalue weighted by molar-refractivity contribution is 6.13. The van der Waals surface area contributed by atoms with Crippen LogP contribution < -0.4 is 0 Å². The standard InChI is InChI=1S/C7H9BO4.ClH/c1-4(9)3-6(11)7(12-8)5(2)10;/h7H,3H2,1-2H3;1H. The Morgan fingerprint density at radius 2 is 1.77 bits per heavy atom. The normalized spacial score (nSPS) is 11.2. The summed E-state index contributed by atoms with van der Waals surface area (Å²) in [6.07, 6.45) is -1.62. The van der Waals surface area contributed by atoms with Crippen LogP contribution in [-0.4, -0.2) is 31.5 Å². The SMILES string of the molecule is Cl.[B]OC(C(C)=O)C(=O)CC(C)=O. The molecule has 0 aliphatic carbocycles. The lowest BCUT2D eigenvalue weighted by molar-refractivity contribution is -0.136. The zero-order valence-electron chi connectivity index (χ0n) is 7.40. The van der Waals surface area contributed by atoms with E-state index >= 15 is 0 Å². The predicted molar refractivity (Wildman–Crippen MR) is 48.9 cm³/mol. The Balaban J connectivity index is 0. The molecule has 4 nitrogen and oxygen atoms in total. The molecule has 0 aliphatic rings. The van der Waals surface area contributed by atoms with E-state index in [-0.39, 0.29) is 24.6 Å². The summed E-state index contributed by atoms with van der Waals surface area (Å²) < 4.78 is 4.12. The molecule has 0 saturated carbocycles. The third kappa shape index (κ3) is 5.55. The van der Waals surface area contributed by atoms with Gasteiger partial charge in [-0.25, -0.2) is 0 Å². The van der Waals surface area contributed by atoms with E-state index in [2.05, 4.69) is 4.65 Å². The second-order valence-electron chi connectivity index (χ2n) is 2.47. The smallest absolute Gasteiger partial charge is 0.284 e. The molecule has 0 aromatic carbocycles. The maximum atomic E-state index is 11.0. The van der Waals surface area contributed by atoms with E-state index in [0.717, 1.165) is 0 Å². The second-order valence-corrected chi connectivity index (χ2v) is 2.47. The van der Waals surface area contributed by atoms with Crippen LogP contribution in [0.5, 0.6) is 0 Å². The van der Waals surface area contributed by atoms with Crippen molar-refractivity contribution >= 4 is 37.8 Å². The van der Waals surface area contributed by atoms with Gasteiger partial charge in [0, 0.05) is 0 Å². The summed E-state index contributed by atoms with van der Waals surface area (Å²) in [5, 5.41) is 0. The Kier molecular flexibility index (Phi) is 7.76. The first kappa shape index (κ1) is 14.8. The molecule has 0 fully saturated rings. The molecule has 0 aromatic rings. The van der Waals surface area contributed by atoms with E-state index in [4.69, 9.17) is 8.05 Å². The molecular weight excluding hydrogens is 194 g/mol. The summed E-state index contributed by atoms with van der Waals surface area (Å²) in [7, 11) is 4.70. The molecule has 0 bridgehead atoms. The van der Waals surface area contributed by atoms with Crippen molar-refractivity contribution in [2.75, 3.05) is 0 Å². The molecule has 0 heterocycles. The first-order valence-corrected chi connectivity index (χ1v) is 3.37. The van der Waals surface area contributed by atoms with E-state index in [1.165, 1.54) is 13.8 Å². The van der Waals surface area contributed by atoms with Crippen molar-refractivity contribution in [2.45, 2.75) is 26.4 Å². The Labute approximate surface area is 83.9 Å². The van der Waals surface area contributed by atoms with Gasteiger partial charge in [-0.2, -0.15) is 0 Å². The van der Waals surface area contributed by atoms with Gasteiger partial charge in [0.25, 0.3) is 8.05 Å². The van der Waals surface area contributed by atoms with Gasteiger partial charge in [-0.1, -0.05) is 0 Å². The summed E-state index contributed by atoms with van der Waals surface area (Å²) in [5.41, 5.74) is 0. The number of carbonyl (C=O) groups excluding carboxylic acids is 3. The van der Waals surface area contributed by atoms with Gasteiger partial charge in [0.2, 0.25) is 0 Å². The zero-order valence-corrected chi connectivity index (χ0v) is 8.22. The van der Waals surface area contributed by atoms with Crippen molar-refractivity contribution in [1.82, 2.24) is 0 Å². The number of hydrogen-bond donors (Lipinski definition) is 0. The molecule has 0 aliphatic heterocycles. The monoisotopic (exact) mass is 204 g/mol. The molecule has 0 rings (SSSR count). The fourth-order valence-corrected chi connectivity index (χ4v) is 0.736. The maximum absolute atomic E-state index is 11.0. The fraction of sp³-hybridized carbons (Fsp3) is 0.571. The van der Waals surface area contributed by atoms with Crippen molar-refractivity contribution in [2.24, 2.45) is 0 Å². The number of rotatable bonds is 5. The van der Waals surface area contributed by atoms with E-state index in [1.807, 2.05) is 0 Å². The van der Waals surface area contributed by atoms with Crippen LogP contribution in [0.2, 0.25) is 0 Å². The van der Waals surface area contributed by atoms with E-state index in [1.54, 1.807) is 0 Å². The lowest BCUT2D eigenvalue weighted by atomic mass is 10.1. The van der Waals surface area contributed by atoms with Crippen molar-refractivity contribution in [1.29, 1.82) is 0 Å². The van der Waals surface area contributed by atoms with Crippen LogP contribution in [-0.2, 0) is 19.0 Å². The average Bonchev–Trinajstić information content (AvgIpc) is 1.85. The summed E-state index contributed by atoms with van der Waals surface area (Å²) in [4.78, 5) is 32.1. The summed E-state index contributed by atoms with van der Waals surface area (Å²) in [6, 6.07) is 0. The Bertz CT molecular complexity index is 217. The van der Waals surface area contributed by atoms with Crippen LogP contribution in [0, 0.1) is 0 Å². The van der Waals surface area contributed by atoms with Crippen LogP contribution in [0.3, 0.4) is 0 Å². The summed E-state index contributed by atoms with van der Waals surface area (Å²) >= 11 is 0. The minimum atomic E-state index is -1.30. The average molecular weight is 204 g/mol. The van der Waals surface area contributed by atoms with Gasteiger partial charge in [-0.15, -0.1) is 12.4 Å².